The minimum absolute atomic E-state index is 0.150. The molecule has 0 atom stereocenters. The summed E-state index contributed by atoms with van der Waals surface area (Å²) in [4.78, 5) is 17.9. The Kier molecular flexibility index (Phi) is 7.87. The van der Waals surface area contributed by atoms with Gasteiger partial charge >= 0.3 is 5.56 Å². The van der Waals surface area contributed by atoms with E-state index in [-0.39, 0.29) is 16.7 Å². The Morgan fingerprint density at radius 1 is 1.05 bits per heavy atom. The van der Waals surface area contributed by atoms with Crippen molar-refractivity contribution >= 4 is 33.0 Å². The van der Waals surface area contributed by atoms with Crippen LogP contribution in [0, 0.1) is 0 Å². The zero-order valence-corrected chi connectivity index (χ0v) is 25.0. The maximum Gasteiger partial charge on any atom is 0.316 e. The third kappa shape index (κ3) is 5.57. The molecule has 11 heteroatoms. The number of hydrogen-bond donors (Lipinski definition) is 0. The predicted molar refractivity (Wildman–Crippen MR) is 160 cm³/mol. The zero-order valence-electron chi connectivity index (χ0n) is 23.4. The molecule has 5 rings (SSSR count). The molecule has 0 bridgehead atoms. The third-order valence-electron chi connectivity index (χ3n) is 7.84. The number of rotatable bonds is 9. The number of halogens is 1. The number of ether oxygens (including phenoxy) is 1. The Balaban J connectivity index is 1.45. The van der Waals surface area contributed by atoms with Crippen LogP contribution in [-0.2, 0) is 15.4 Å². The van der Waals surface area contributed by atoms with Gasteiger partial charge in [-0.15, -0.1) is 0 Å². The molecule has 214 valence electrons. The van der Waals surface area contributed by atoms with Crippen molar-refractivity contribution in [2.45, 2.75) is 37.4 Å². The molecule has 3 aromatic rings. The molecular weight excluding hydrogens is 550 g/mol. The highest BCUT2D eigenvalue weighted by Crippen LogP contribution is 2.49. The van der Waals surface area contributed by atoms with Crippen LogP contribution in [-0.4, -0.2) is 74.6 Å². The highest BCUT2D eigenvalue weighted by molar-refractivity contribution is 7.89. The molecule has 2 aromatic carbocycles. The second-order valence-electron chi connectivity index (χ2n) is 11.0. The van der Waals surface area contributed by atoms with Gasteiger partial charge < -0.3 is 14.5 Å². The minimum atomic E-state index is -3.35. The molecule has 0 amide bonds. The van der Waals surface area contributed by atoms with Crippen molar-refractivity contribution in [3.05, 3.63) is 75.7 Å². The molecule has 0 N–H and O–H groups in total. The first kappa shape index (κ1) is 28.4. The van der Waals surface area contributed by atoms with Gasteiger partial charge in [0.15, 0.2) is 0 Å². The van der Waals surface area contributed by atoms with Crippen LogP contribution in [0.15, 0.2) is 59.5 Å². The molecule has 2 heterocycles. The van der Waals surface area contributed by atoms with E-state index in [1.165, 1.54) is 14.6 Å². The summed E-state index contributed by atoms with van der Waals surface area (Å²) in [6, 6.07) is 15.4. The second kappa shape index (κ2) is 11.1. The zero-order chi connectivity index (χ0) is 28.7. The van der Waals surface area contributed by atoms with Gasteiger partial charge in [-0.2, -0.15) is 14.1 Å². The lowest BCUT2D eigenvalue weighted by Gasteiger charge is -2.36. The number of anilines is 2. The van der Waals surface area contributed by atoms with Gasteiger partial charge in [0.2, 0.25) is 15.8 Å². The normalized spacial score (nSPS) is 17.2. The summed E-state index contributed by atoms with van der Waals surface area (Å²) >= 11 is 6.20. The molecule has 1 aromatic heterocycles. The van der Waals surface area contributed by atoms with Crippen LogP contribution in [0.5, 0.6) is 5.75 Å². The van der Waals surface area contributed by atoms with Crippen LogP contribution in [0.1, 0.15) is 32.3 Å². The van der Waals surface area contributed by atoms with Gasteiger partial charge in [-0.3, -0.25) is 4.79 Å². The van der Waals surface area contributed by atoms with E-state index < -0.39 is 15.3 Å². The number of benzene rings is 2. The van der Waals surface area contributed by atoms with E-state index in [1.54, 1.807) is 44.3 Å². The summed E-state index contributed by atoms with van der Waals surface area (Å²) in [6.07, 6.45) is 3.58. The van der Waals surface area contributed by atoms with E-state index in [9.17, 15) is 13.2 Å². The average Bonchev–Trinajstić information content (AvgIpc) is 3.73. The van der Waals surface area contributed by atoms with E-state index in [2.05, 4.69) is 34.3 Å². The van der Waals surface area contributed by atoms with E-state index in [1.807, 2.05) is 19.0 Å². The summed E-state index contributed by atoms with van der Waals surface area (Å²) in [5.41, 5.74) is 2.90. The van der Waals surface area contributed by atoms with Crippen molar-refractivity contribution in [3.63, 3.8) is 0 Å². The van der Waals surface area contributed by atoms with Gasteiger partial charge in [-0.05, 0) is 62.6 Å². The summed E-state index contributed by atoms with van der Waals surface area (Å²) in [5, 5.41) is 4.47. The number of sulfonamides is 1. The molecule has 0 radical (unpaired) electrons. The van der Waals surface area contributed by atoms with Gasteiger partial charge in [0, 0.05) is 56.4 Å². The molecule has 2 fully saturated rings. The second-order valence-corrected chi connectivity index (χ2v) is 14.0. The summed E-state index contributed by atoms with van der Waals surface area (Å²) in [5.74, 6) is 0.214. The first-order valence-corrected chi connectivity index (χ1v) is 15.4. The smallest absolute Gasteiger partial charge is 0.316 e. The van der Waals surface area contributed by atoms with E-state index in [4.69, 9.17) is 16.3 Å². The lowest BCUT2D eigenvalue weighted by molar-refractivity contribution is 0.272. The van der Waals surface area contributed by atoms with Crippen molar-refractivity contribution in [1.29, 1.82) is 0 Å². The SMILES string of the molecule is CC(C)S(=O)(=O)N1CCN(c2cnn(-c3cccc(Cl)c3)c(=O)c2OCC2(c3ccc(N(C)C)cc3)CC2)CC1. The Morgan fingerprint density at radius 3 is 2.30 bits per heavy atom. The molecular formula is C29H36ClN5O4S. The van der Waals surface area contributed by atoms with Crippen molar-refractivity contribution in [1.82, 2.24) is 14.1 Å². The number of aromatic nitrogens is 2. The monoisotopic (exact) mass is 585 g/mol. The fourth-order valence-corrected chi connectivity index (χ4v) is 6.51. The van der Waals surface area contributed by atoms with Crippen LogP contribution >= 0.6 is 11.6 Å². The molecule has 0 spiro atoms. The Hall–Kier alpha value is -3.08. The van der Waals surface area contributed by atoms with Crippen molar-refractivity contribution in [2.24, 2.45) is 0 Å². The number of nitrogens with zero attached hydrogens (tertiary/aromatic N) is 5. The summed E-state index contributed by atoms with van der Waals surface area (Å²) in [7, 11) is 0.673. The van der Waals surface area contributed by atoms with Crippen LogP contribution in [0.2, 0.25) is 5.02 Å². The molecule has 1 aliphatic carbocycles. The molecule has 9 nitrogen and oxygen atoms in total. The van der Waals surface area contributed by atoms with Gasteiger partial charge in [0.25, 0.3) is 0 Å². The van der Waals surface area contributed by atoms with Crippen LogP contribution in [0.3, 0.4) is 0 Å². The van der Waals surface area contributed by atoms with E-state index in [0.29, 0.717) is 49.2 Å². The highest BCUT2D eigenvalue weighted by Gasteiger charge is 2.45. The fraction of sp³-hybridized carbons (Fsp3) is 0.448. The lowest BCUT2D eigenvalue weighted by Crippen LogP contribution is -2.50. The Labute approximate surface area is 241 Å². The average molecular weight is 586 g/mol. The maximum absolute atomic E-state index is 13.8. The van der Waals surface area contributed by atoms with E-state index >= 15 is 0 Å². The Morgan fingerprint density at radius 2 is 1.73 bits per heavy atom. The first-order chi connectivity index (χ1) is 19.0. The largest absolute Gasteiger partial charge is 0.485 e. The predicted octanol–water partition coefficient (Wildman–Crippen LogP) is 3.92. The van der Waals surface area contributed by atoms with Crippen molar-refractivity contribution < 1.29 is 13.2 Å². The summed E-state index contributed by atoms with van der Waals surface area (Å²) < 4.78 is 34.6. The lowest BCUT2D eigenvalue weighted by atomic mass is 9.96. The highest BCUT2D eigenvalue weighted by atomic mass is 35.5. The molecule has 1 aliphatic heterocycles. The topological polar surface area (TPSA) is 88.0 Å². The van der Waals surface area contributed by atoms with Gasteiger partial charge in [-0.25, -0.2) is 8.42 Å². The van der Waals surface area contributed by atoms with Crippen LogP contribution in [0.25, 0.3) is 5.69 Å². The fourth-order valence-electron chi connectivity index (χ4n) is 5.05. The molecule has 0 unspecified atom stereocenters. The molecule has 1 saturated heterocycles. The third-order valence-corrected chi connectivity index (χ3v) is 10.4. The quantitative estimate of drug-likeness (QED) is 0.376. The van der Waals surface area contributed by atoms with Crippen LogP contribution < -0.4 is 20.1 Å². The standard InChI is InChI=1S/C29H36ClN5O4S/c1-21(2)40(37,38)34-16-14-33(15-17-34)26-19-31-35(25-7-5-6-23(30)18-25)28(36)27(26)39-20-29(12-13-29)22-8-10-24(11-9-22)32(3)4/h5-11,18-19,21H,12-17,20H2,1-4H3. The van der Waals surface area contributed by atoms with E-state index in [0.717, 1.165) is 18.5 Å². The molecule has 2 aliphatic rings. The Bertz CT molecular complexity index is 1530. The number of piperazine rings is 1. The van der Waals surface area contributed by atoms with Gasteiger partial charge in [0.1, 0.15) is 5.69 Å². The minimum Gasteiger partial charge on any atom is -0.485 e. The van der Waals surface area contributed by atoms with Gasteiger partial charge in [-0.1, -0.05) is 29.8 Å². The molecule has 1 saturated carbocycles. The first-order valence-electron chi connectivity index (χ1n) is 13.5. The molecule has 40 heavy (non-hydrogen) atoms. The van der Waals surface area contributed by atoms with Crippen molar-refractivity contribution in [2.75, 3.05) is 56.7 Å². The summed E-state index contributed by atoms with van der Waals surface area (Å²) in [6.45, 7) is 5.27. The van der Waals surface area contributed by atoms with Crippen molar-refractivity contribution in [3.8, 4) is 11.4 Å². The van der Waals surface area contributed by atoms with Gasteiger partial charge in [0.05, 0.1) is 23.7 Å². The number of hydrogen-bond acceptors (Lipinski definition) is 7. The van der Waals surface area contributed by atoms with Crippen LogP contribution in [0.4, 0.5) is 11.4 Å². The maximum atomic E-state index is 13.8.